The molecule has 5 fully saturated rings. The first kappa shape index (κ1) is 20.0. The third-order valence-electron chi connectivity index (χ3n) is 7.87. The van der Waals surface area contributed by atoms with Crippen molar-refractivity contribution in [2.45, 2.75) is 43.9 Å². The molecular weight excluding hydrogens is 425 g/mol. The van der Waals surface area contributed by atoms with E-state index in [0.717, 1.165) is 65.5 Å². The van der Waals surface area contributed by atoms with E-state index < -0.39 is 17.0 Å². The molecule has 0 atom stereocenters. The Balaban J connectivity index is 1.34. The van der Waals surface area contributed by atoms with E-state index in [4.69, 9.17) is 0 Å². The van der Waals surface area contributed by atoms with E-state index in [1.165, 1.54) is 31.4 Å². The quantitative estimate of drug-likeness (QED) is 0.565. The Morgan fingerprint density at radius 2 is 1.59 bits per heavy atom. The molecule has 7 rings (SSSR count). The second-order valence-corrected chi connectivity index (χ2v) is 11.0. The molecular formula is C26H24FNO3S. The molecule has 32 heavy (non-hydrogen) atoms. The first-order valence-corrected chi connectivity index (χ1v) is 12.1. The predicted octanol–water partition coefficient (Wildman–Crippen LogP) is 5.99. The van der Waals surface area contributed by atoms with E-state index in [1.807, 2.05) is 12.1 Å². The van der Waals surface area contributed by atoms with Crippen LogP contribution in [0.2, 0.25) is 0 Å². The van der Waals surface area contributed by atoms with Crippen molar-refractivity contribution >= 4 is 29.0 Å². The maximum Gasteiger partial charge on any atom is 0.290 e. The van der Waals surface area contributed by atoms with Crippen LogP contribution >= 0.6 is 11.8 Å². The summed E-state index contributed by atoms with van der Waals surface area (Å²) in [5.41, 5.74) is 2.96. The Hall–Kier alpha value is -2.60. The summed E-state index contributed by atoms with van der Waals surface area (Å²) >= 11 is 0.776. The van der Waals surface area contributed by atoms with Gasteiger partial charge in [-0.15, -0.1) is 0 Å². The van der Waals surface area contributed by atoms with Gasteiger partial charge in [-0.1, -0.05) is 18.2 Å². The summed E-state index contributed by atoms with van der Waals surface area (Å²) in [5.74, 6) is 1.71. The van der Waals surface area contributed by atoms with E-state index in [9.17, 15) is 19.1 Å². The van der Waals surface area contributed by atoms with E-state index in [1.54, 1.807) is 12.1 Å². The molecule has 1 saturated heterocycles. The lowest BCUT2D eigenvalue weighted by Crippen LogP contribution is -2.48. The highest BCUT2D eigenvalue weighted by atomic mass is 32.2. The number of hydrogen-bond acceptors (Lipinski definition) is 4. The topological polar surface area (TPSA) is 66.4 Å². The highest BCUT2D eigenvalue weighted by Crippen LogP contribution is 2.62. The van der Waals surface area contributed by atoms with Crippen molar-refractivity contribution in [1.29, 1.82) is 0 Å². The van der Waals surface area contributed by atoms with Crippen LogP contribution in [0.15, 0.2) is 41.3 Å². The smallest absolute Gasteiger partial charge is 0.290 e. The molecule has 2 aromatic carbocycles. The molecule has 4 nitrogen and oxygen atoms in total. The molecule has 0 spiro atoms. The third kappa shape index (κ3) is 3.27. The van der Waals surface area contributed by atoms with Crippen LogP contribution in [0, 0.1) is 23.6 Å². The average molecular weight is 450 g/mol. The molecule has 4 aliphatic carbocycles. The number of phenolic OH excluding ortho intramolecular Hbond substituents is 1. The van der Waals surface area contributed by atoms with Crippen LogP contribution in [-0.2, 0) is 10.2 Å². The van der Waals surface area contributed by atoms with Crippen LogP contribution in [0.4, 0.5) is 9.18 Å². The summed E-state index contributed by atoms with van der Waals surface area (Å²) in [6, 6.07) is 10.6. The molecule has 1 heterocycles. The average Bonchev–Trinajstić information content (AvgIpc) is 3.05. The third-order valence-corrected chi connectivity index (χ3v) is 8.68. The Bertz CT molecular complexity index is 1150. The van der Waals surface area contributed by atoms with E-state index in [-0.39, 0.29) is 15.9 Å². The lowest BCUT2D eigenvalue weighted by atomic mass is 9.48. The number of rotatable bonds is 3. The van der Waals surface area contributed by atoms with Crippen LogP contribution in [0.25, 0.3) is 17.2 Å². The lowest BCUT2D eigenvalue weighted by molar-refractivity contribution is -0.115. The Morgan fingerprint density at radius 1 is 0.969 bits per heavy atom. The summed E-state index contributed by atoms with van der Waals surface area (Å²) in [7, 11) is 0. The molecule has 2 N–H and O–H groups in total. The second-order valence-electron chi connectivity index (χ2n) is 10.0. The molecule has 0 aromatic heterocycles. The van der Waals surface area contributed by atoms with Crippen molar-refractivity contribution in [3.05, 3.63) is 58.2 Å². The molecule has 5 aliphatic rings. The highest BCUT2D eigenvalue weighted by molar-refractivity contribution is 8.18. The van der Waals surface area contributed by atoms with Gasteiger partial charge in [-0.25, -0.2) is 4.39 Å². The van der Waals surface area contributed by atoms with Gasteiger partial charge in [0.15, 0.2) is 0 Å². The van der Waals surface area contributed by atoms with Gasteiger partial charge in [-0.2, -0.15) is 0 Å². The van der Waals surface area contributed by atoms with Gasteiger partial charge < -0.3 is 5.11 Å². The number of imide groups is 1. The van der Waals surface area contributed by atoms with Crippen LogP contribution < -0.4 is 5.32 Å². The van der Waals surface area contributed by atoms with Crippen LogP contribution in [0.5, 0.6) is 5.75 Å². The fraction of sp³-hybridized carbons (Fsp3) is 0.385. The minimum absolute atomic E-state index is 0.0529. The van der Waals surface area contributed by atoms with Gasteiger partial charge in [-0.05, 0) is 109 Å². The van der Waals surface area contributed by atoms with Crippen molar-refractivity contribution < 1.29 is 19.1 Å². The van der Waals surface area contributed by atoms with Crippen molar-refractivity contribution in [3.8, 4) is 16.9 Å². The van der Waals surface area contributed by atoms with Gasteiger partial charge in [0.05, 0.1) is 4.91 Å². The summed E-state index contributed by atoms with van der Waals surface area (Å²) in [6.07, 6.45) is 8.86. The fourth-order valence-electron chi connectivity index (χ4n) is 6.97. The first-order chi connectivity index (χ1) is 15.4. The number of nitrogens with one attached hydrogen (secondary N) is 1. The maximum absolute atomic E-state index is 14.9. The Morgan fingerprint density at radius 3 is 2.19 bits per heavy atom. The lowest BCUT2D eigenvalue weighted by Gasteiger charge is -2.57. The van der Waals surface area contributed by atoms with Crippen LogP contribution in [-0.4, -0.2) is 16.3 Å². The zero-order valence-electron chi connectivity index (χ0n) is 17.6. The molecule has 164 valence electrons. The van der Waals surface area contributed by atoms with Crippen molar-refractivity contribution in [2.75, 3.05) is 0 Å². The van der Waals surface area contributed by atoms with Gasteiger partial charge in [0, 0.05) is 11.1 Å². The molecule has 6 heteroatoms. The van der Waals surface area contributed by atoms with Crippen LogP contribution in [0.1, 0.15) is 49.7 Å². The number of carbonyl (C=O) groups is 2. The monoisotopic (exact) mass is 449 g/mol. The largest absolute Gasteiger partial charge is 0.508 e. The van der Waals surface area contributed by atoms with Gasteiger partial charge >= 0.3 is 0 Å². The number of thioether (sulfide) groups is 1. The number of amides is 2. The number of halogens is 1. The standard InChI is InChI=1S/C26H24FNO3S/c27-21-9-18(1-2-19(21)10-23-24(30)28-25(31)32-23)17-3-4-22(29)20(8-17)26-11-14-5-15(12-26)7-16(6-14)13-26/h1-4,8-10,14-16,29H,5-7,11-13H2,(H,28,30,31)/b23-10-. The Labute approximate surface area is 190 Å². The molecule has 1 aliphatic heterocycles. The van der Waals surface area contributed by atoms with Gasteiger partial charge in [0.25, 0.3) is 11.1 Å². The second kappa shape index (κ2) is 7.20. The predicted molar refractivity (Wildman–Crippen MR) is 122 cm³/mol. The maximum atomic E-state index is 14.9. The van der Waals surface area contributed by atoms with E-state index in [2.05, 4.69) is 11.4 Å². The molecule has 4 bridgehead atoms. The number of benzene rings is 2. The summed E-state index contributed by atoms with van der Waals surface area (Å²) < 4.78 is 14.9. The molecule has 0 radical (unpaired) electrons. The summed E-state index contributed by atoms with van der Waals surface area (Å²) in [4.78, 5) is 23.3. The molecule has 4 saturated carbocycles. The minimum Gasteiger partial charge on any atom is -0.508 e. The van der Waals surface area contributed by atoms with Crippen molar-refractivity contribution in [2.24, 2.45) is 17.8 Å². The summed E-state index contributed by atoms with van der Waals surface area (Å²) in [5, 5.41) is 12.5. The van der Waals surface area contributed by atoms with E-state index in [0.29, 0.717) is 5.75 Å². The molecule has 0 unspecified atom stereocenters. The fourth-order valence-corrected chi connectivity index (χ4v) is 7.64. The first-order valence-electron chi connectivity index (χ1n) is 11.3. The number of phenols is 1. The van der Waals surface area contributed by atoms with Gasteiger partial charge in [-0.3, -0.25) is 14.9 Å². The highest BCUT2D eigenvalue weighted by Gasteiger charge is 2.52. The van der Waals surface area contributed by atoms with Crippen molar-refractivity contribution in [3.63, 3.8) is 0 Å². The molecule has 2 amide bonds. The van der Waals surface area contributed by atoms with Crippen molar-refractivity contribution in [1.82, 2.24) is 5.32 Å². The number of aromatic hydroxyl groups is 1. The Kier molecular flexibility index (Phi) is 4.51. The molecule has 2 aromatic rings. The normalized spacial score (nSPS) is 32.0. The van der Waals surface area contributed by atoms with Gasteiger partial charge in [0.1, 0.15) is 11.6 Å². The van der Waals surface area contributed by atoms with Crippen LogP contribution in [0.3, 0.4) is 0 Å². The minimum atomic E-state index is -0.498. The number of carbonyl (C=O) groups excluding carboxylic acids is 2. The number of hydrogen-bond donors (Lipinski definition) is 2. The van der Waals surface area contributed by atoms with Gasteiger partial charge in [0.2, 0.25) is 0 Å². The SMILES string of the molecule is O=C1NC(=O)/C(=C/c2ccc(-c3ccc(O)c(C45CC6CC(CC(C6)C4)C5)c3)cc2F)S1. The summed E-state index contributed by atoms with van der Waals surface area (Å²) in [6.45, 7) is 0. The zero-order valence-corrected chi connectivity index (χ0v) is 18.4. The zero-order chi connectivity index (χ0) is 22.0. The van der Waals surface area contributed by atoms with E-state index >= 15 is 0 Å².